The molecule has 2 N–H and O–H groups in total. The largest absolute Gasteiger partial charge is 0.345 e. The fraction of sp³-hybridized carbons (Fsp3) is 0.263. The Balaban J connectivity index is 1.92. The van der Waals surface area contributed by atoms with Crippen LogP contribution in [0.25, 0.3) is 21.0 Å². The van der Waals surface area contributed by atoms with E-state index in [9.17, 15) is 10.1 Å². The molecule has 1 aromatic carbocycles. The number of guanidine groups is 1. The first-order valence-electron chi connectivity index (χ1n) is 8.22. The Morgan fingerprint density at radius 3 is 2.88 bits per heavy atom. The zero-order valence-electron chi connectivity index (χ0n) is 14.6. The Kier molecular flexibility index (Phi) is 3.49. The highest BCUT2D eigenvalue weighted by atomic mass is 32.1. The highest BCUT2D eigenvalue weighted by Crippen LogP contribution is 2.41. The maximum absolute atomic E-state index is 12.5. The van der Waals surface area contributed by atoms with E-state index in [0.717, 1.165) is 25.9 Å². The van der Waals surface area contributed by atoms with Crippen LogP contribution in [0.1, 0.15) is 24.3 Å². The first kappa shape index (κ1) is 16.5. The first-order chi connectivity index (χ1) is 12.3. The molecule has 2 aromatic heterocycles. The number of aromatic nitrogens is 1. The average molecular weight is 363 g/mol. The lowest BCUT2D eigenvalue weighted by Crippen LogP contribution is -2.62. The van der Waals surface area contributed by atoms with Gasteiger partial charge in [0.05, 0.1) is 33.3 Å². The Hall–Kier alpha value is -2.98. The number of nitrogens with one attached hydrogen (secondary N) is 2. The van der Waals surface area contributed by atoms with Crippen LogP contribution in [0, 0.1) is 22.7 Å². The second kappa shape index (κ2) is 5.51. The van der Waals surface area contributed by atoms with Crippen LogP contribution in [0.15, 0.2) is 30.5 Å². The molecule has 7 heteroatoms. The van der Waals surface area contributed by atoms with Gasteiger partial charge in [0.15, 0.2) is 5.96 Å². The first-order valence-corrected chi connectivity index (χ1v) is 9.04. The third-order valence-electron chi connectivity index (χ3n) is 5.29. The predicted molar refractivity (Wildman–Crippen MR) is 102 cm³/mol. The van der Waals surface area contributed by atoms with E-state index in [4.69, 9.17) is 5.41 Å². The van der Waals surface area contributed by atoms with Crippen LogP contribution in [-0.4, -0.2) is 28.8 Å². The maximum Gasteiger partial charge on any atom is 0.234 e. The smallest absolute Gasteiger partial charge is 0.234 e. The molecule has 3 heterocycles. The van der Waals surface area contributed by atoms with Crippen molar-refractivity contribution >= 4 is 44.2 Å². The Labute approximate surface area is 154 Å². The van der Waals surface area contributed by atoms with Crippen molar-refractivity contribution < 1.29 is 4.79 Å². The second-order valence-electron chi connectivity index (χ2n) is 6.79. The quantitative estimate of drug-likeness (QED) is 0.694. The molecule has 0 bridgehead atoms. The molecule has 4 rings (SSSR count). The number of rotatable bonds is 1. The fourth-order valence-electron chi connectivity index (χ4n) is 3.39. The molecule has 3 aromatic rings. The van der Waals surface area contributed by atoms with Crippen molar-refractivity contribution in [1.29, 1.82) is 10.7 Å². The summed E-state index contributed by atoms with van der Waals surface area (Å²) < 4.78 is 0.996. The molecular weight excluding hydrogens is 346 g/mol. The Morgan fingerprint density at radius 1 is 1.38 bits per heavy atom. The van der Waals surface area contributed by atoms with Gasteiger partial charge in [-0.15, -0.1) is 11.3 Å². The summed E-state index contributed by atoms with van der Waals surface area (Å²) in [5.74, 6) is -0.296. The number of hydrogen-bond acceptors (Lipinski definition) is 5. The summed E-state index contributed by atoms with van der Waals surface area (Å²) in [4.78, 5) is 19.3. The number of nitriles is 1. The number of hydrogen-bond donors (Lipinski definition) is 2. The minimum atomic E-state index is -0.663. The maximum atomic E-state index is 12.5. The molecule has 2 atom stereocenters. The van der Waals surface area contributed by atoms with Crippen LogP contribution in [0.4, 0.5) is 0 Å². The van der Waals surface area contributed by atoms with Crippen molar-refractivity contribution in [1.82, 2.24) is 15.2 Å². The number of carbonyl (C=O) groups excluding carboxylic acids is 1. The predicted octanol–water partition coefficient (Wildman–Crippen LogP) is 3.17. The molecule has 26 heavy (non-hydrogen) atoms. The van der Waals surface area contributed by atoms with Crippen LogP contribution in [0.5, 0.6) is 0 Å². The van der Waals surface area contributed by atoms with Gasteiger partial charge in [0, 0.05) is 28.9 Å². The van der Waals surface area contributed by atoms with E-state index in [1.807, 2.05) is 32.2 Å². The molecule has 1 fully saturated rings. The van der Waals surface area contributed by atoms with Crippen molar-refractivity contribution in [2.24, 2.45) is 5.92 Å². The van der Waals surface area contributed by atoms with E-state index >= 15 is 0 Å². The lowest BCUT2D eigenvalue weighted by Gasteiger charge is -2.43. The molecule has 1 amide bonds. The van der Waals surface area contributed by atoms with E-state index in [0.29, 0.717) is 5.56 Å². The monoisotopic (exact) mass is 363 g/mol. The van der Waals surface area contributed by atoms with Crippen LogP contribution < -0.4 is 5.32 Å². The zero-order valence-corrected chi connectivity index (χ0v) is 15.4. The number of fused-ring (bicyclic) bond motifs is 3. The second-order valence-corrected chi connectivity index (χ2v) is 7.87. The van der Waals surface area contributed by atoms with Gasteiger partial charge < -0.3 is 5.32 Å². The fourth-order valence-corrected chi connectivity index (χ4v) is 4.63. The topological polar surface area (TPSA) is 92.9 Å². The van der Waals surface area contributed by atoms with E-state index in [2.05, 4.69) is 22.4 Å². The summed E-state index contributed by atoms with van der Waals surface area (Å²) in [6.07, 6.45) is 1.83. The van der Waals surface area contributed by atoms with Crippen molar-refractivity contribution in [2.75, 3.05) is 7.05 Å². The third kappa shape index (κ3) is 2.19. The van der Waals surface area contributed by atoms with Gasteiger partial charge in [-0.05, 0) is 31.2 Å². The van der Waals surface area contributed by atoms with Gasteiger partial charge in [0.25, 0.3) is 0 Å². The van der Waals surface area contributed by atoms with Gasteiger partial charge >= 0.3 is 0 Å². The molecule has 6 nitrogen and oxygen atoms in total. The van der Waals surface area contributed by atoms with Crippen LogP contribution in [0.3, 0.4) is 0 Å². The molecule has 0 spiro atoms. The molecule has 130 valence electrons. The Bertz CT molecular complexity index is 1130. The lowest BCUT2D eigenvalue weighted by molar-refractivity contribution is -0.134. The van der Waals surface area contributed by atoms with E-state index in [1.54, 1.807) is 24.5 Å². The lowest BCUT2D eigenvalue weighted by atomic mass is 9.82. The summed E-state index contributed by atoms with van der Waals surface area (Å²) in [5.41, 5.74) is 0.761. The van der Waals surface area contributed by atoms with Crippen molar-refractivity contribution in [3.8, 4) is 6.07 Å². The molecule has 0 aliphatic carbocycles. The highest BCUT2D eigenvalue weighted by Gasteiger charge is 2.45. The molecule has 1 aliphatic heterocycles. The Morgan fingerprint density at radius 2 is 2.15 bits per heavy atom. The number of carbonyl (C=O) groups is 1. The van der Waals surface area contributed by atoms with Crippen molar-refractivity contribution in [3.05, 3.63) is 40.9 Å². The van der Waals surface area contributed by atoms with Gasteiger partial charge in [0.1, 0.15) is 0 Å². The van der Waals surface area contributed by atoms with Crippen LogP contribution in [0.2, 0.25) is 0 Å². The summed E-state index contributed by atoms with van der Waals surface area (Å²) in [6, 6.07) is 9.68. The number of amides is 1. The normalized spacial score (nSPS) is 23.3. The van der Waals surface area contributed by atoms with Gasteiger partial charge in [0.2, 0.25) is 5.91 Å². The number of nitrogens with zero attached hydrogens (tertiary/aromatic N) is 3. The standard InChI is InChI=1S/C19H17N5OS/c1-10-17(25)24(3)18(21)23-19(10,2)16-7-13-12-6-11(8-20)4-5-14(12)22-9-15(13)26-16/h4-7,9-10H,1-3H3,(H2,21,23)/t10-,19+/m1/s1. The molecular formula is C19H17N5OS. The molecule has 1 saturated heterocycles. The van der Waals surface area contributed by atoms with Gasteiger partial charge in [-0.1, -0.05) is 6.92 Å². The summed E-state index contributed by atoms with van der Waals surface area (Å²) in [5, 5.41) is 22.4. The van der Waals surface area contributed by atoms with Gasteiger partial charge in [-0.3, -0.25) is 20.1 Å². The number of benzene rings is 1. The van der Waals surface area contributed by atoms with Gasteiger partial charge in [-0.2, -0.15) is 5.26 Å². The molecule has 1 aliphatic rings. The summed E-state index contributed by atoms with van der Waals surface area (Å²) in [7, 11) is 1.61. The average Bonchev–Trinajstić information content (AvgIpc) is 3.10. The third-order valence-corrected chi connectivity index (χ3v) is 6.60. The zero-order chi connectivity index (χ0) is 18.6. The van der Waals surface area contributed by atoms with E-state index in [-0.39, 0.29) is 17.8 Å². The van der Waals surface area contributed by atoms with E-state index in [1.165, 1.54) is 4.90 Å². The van der Waals surface area contributed by atoms with E-state index < -0.39 is 5.54 Å². The van der Waals surface area contributed by atoms with Crippen LogP contribution in [-0.2, 0) is 10.3 Å². The molecule has 0 saturated carbocycles. The number of thiophene rings is 1. The summed E-state index contributed by atoms with van der Waals surface area (Å²) in [6.45, 7) is 3.84. The summed E-state index contributed by atoms with van der Waals surface area (Å²) >= 11 is 1.56. The number of pyridine rings is 1. The molecule has 0 radical (unpaired) electrons. The van der Waals surface area contributed by atoms with Crippen LogP contribution >= 0.6 is 11.3 Å². The highest BCUT2D eigenvalue weighted by molar-refractivity contribution is 7.19. The van der Waals surface area contributed by atoms with Gasteiger partial charge in [-0.25, -0.2) is 0 Å². The minimum absolute atomic E-state index is 0.0801. The SMILES string of the molecule is C[C@@H]1C(=O)N(C)C(=N)N[C@]1(C)c1cc2c(cnc3ccc(C#N)cc32)s1. The van der Waals surface area contributed by atoms with Crippen molar-refractivity contribution in [3.63, 3.8) is 0 Å². The molecule has 0 unspecified atom stereocenters. The van der Waals surface area contributed by atoms with Crippen molar-refractivity contribution in [2.45, 2.75) is 19.4 Å². The minimum Gasteiger partial charge on any atom is -0.345 e.